The molecular weight excluding hydrogens is 368 g/mol. The molecule has 0 saturated carbocycles. The van der Waals surface area contributed by atoms with Crippen molar-refractivity contribution in [1.82, 2.24) is 9.88 Å². The molecule has 1 aromatic carbocycles. The molecule has 0 bridgehead atoms. The lowest BCUT2D eigenvalue weighted by Gasteiger charge is -2.37. The van der Waals surface area contributed by atoms with Crippen LogP contribution in [0.1, 0.15) is 28.8 Å². The zero-order chi connectivity index (χ0) is 20.3. The fourth-order valence-corrected chi connectivity index (χ4v) is 4.63. The summed E-state index contributed by atoms with van der Waals surface area (Å²) in [4.78, 5) is 19.4. The monoisotopic (exact) mass is 396 g/mol. The van der Waals surface area contributed by atoms with Gasteiger partial charge in [0.1, 0.15) is 11.5 Å². The predicted octanol–water partition coefficient (Wildman–Crippen LogP) is 3.35. The third-order valence-electron chi connectivity index (χ3n) is 6.42. The maximum atomic E-state index is 13.4. The van der Waals surface area contributed by atoms with Crippen LogP contribution in [0, 0.1) is 18.3 Å². The van der Waals surface area contributed by atoms with E-state index in [-0.39, 0.29) is 17.2 Å². The van der Waals surface area contributed by atoms with Crippen LogP contribution in [0.3, 0.4) is 0 Å². The lowest BCUT2D eigenvalue weighted by molar-refractivity contribution is -0.00909. The Bertz CT molecular complexity index is 849. The van der Waals surface area contributed by atoms with Gasteiger partial charge in [0, 0.05) is 61.2 Å². The average molecular weight is 396 g/mol. The highest BCUT2D eigenvalue weighted by Gasteiger charge is 2.49. The molecule has 154 valence electrons. The minimum Gasteiger partial charge on any atom is -0.496 e. The fourth-order valence-electron chi connectivity index (χ4n) is 4.63. The highest BCUT2D eigenvalue weighted by atomic mass is 16.5. The Balaban J connectivity index is 1.54. The van der Waals surface area contributed by atoms with E-state index in [1.807, 2.05) is 42.2 Å². The molecule has 3 heterocycles. The van der Waals surface area contributed by atoms with Gasteiger partial charge in [-0.15, -0.1) is 0 Å². The number of hydrogen-bond donors (Lipinski definition) is 0. The molecule has 1 spiro atoms. The van der Waals surface area contributed by atoms with Crippen LogP contribution in [-0.2, 0) is 4.74 Å². The molecule has 0 aliphatic carbocycles. The summed E-state index contributed by atoms with van der Waals surface area (Å²) in [5, 5.41) is 0. The normalized spacial score (nSPS) is 20.6. The first-order chi connectivity index (χ1) is 14.1. The van der Waals surface area contributed by atoms with Gasteiger partial charge < -0.3 is 19.1 Å². The van der Waals surface area contributed by atoms with Gasteiger partial charge in [-0.1, -0.05) is 6.07 Å². The molecule has 1 aromatic heterocycles. The van der Waals surface area contributed by atoms with Gasteiger partial charge in [-0.05, 0) is 44.0 Å². The topological polar surface area (TPSA) is 60.9 Å². The molecule has 2 aliphatic rings. The number of ether oxygens (including phenoxy) is 3. The zero-order valence-electron chi connectivity index (χ0n) is 17.1. The maximum absolute atomic E-state index is 13.4. The molecule has 29 heavy (non-hydrogen) atoms. The van der Waals surface area contributed by atoms with E-state index < -0.39 is 0 Å². The van der Waals surface area contributed by atoms with E-state index in [2.05, 4.69) is 4.98 Å². The molecular formula is C23H28N2O4. The van der Waals surface area contributed by atoms with E-state index in [9.17, 15) is 4.79 Å². The van der Waals surface area contributed by atoms with Crippen LogP contribution in [0.2, 0.25) is 0 Å². The summed E-state index contributed by atoms with van der Waals surface area (Å²) < 4.78 is 17.1. The van der Waals surface area contributed by atoms with Crippen molar-refractivity contribution in [2.45, 2.75) is 19.8 Å². The molecule has 1 amide bonds. The standard InChI is InChI=1S/C23H28N2O4/c1-17-20(4-3-5-21(17)27-2)22(26)25-14-18(15-29-19-6-10-24-11-7-19)23(16-25)8-12-28-13-9-23/h3-7,10-11,18H,8-9,12-16H2,1-2H3. The van der Waals surface area contributed by atoms with Crippen LogP contribution >= 0.6 is 0 Å². The Morgan fingerprint density at radius 1 is 1.24 bits per heavy atom. The van der Waals surface area contributed by atoms with Crippen molar-refractivity contribution in [3.63, 3.8) is 0 Å². The Hall–Kier alpha value is -2.60. The van der Waals surface area contributed by atoms with E-state index in [0.717, 1.165) is 49.7 Å². The number of rotatable bonds is 5. The van der Waals surface area contributed by atoms with Crippen molar-refractivity contribution in [1.29, 1.82) is 0 Å². The van der Waals surface area contributed by atoms with Gasteiger partial charge in [-0.3, -0.25) is 9.78 Å². The lowest BCUT2D eigenvalue weighted by Crippen LogP contribution is -2.39. The van der Waals surface area contributed by atoms with E-state index in [1.54, 1.807) is 19.5 Å². The molecule has 2 saturated heterocycles. The van der Waals surface area contributed by atoms with Gasteiger partial charge in [0.25, 0.3) is 5.91 Å². The zero-order valence-corrected chi connectivity index (χ0v) is 17.1. The van der Waals surface area contributed by atoms with Crippen LogP contribution in [-0.4, -0.2) is 55.8 Å². The fraction of sp³-hybridized carbons (Fsp3) is 0.478. The van der Waals surface area contributed by atoms with E-state index >= 15 is 0 Å². The lowest BCUT2D eigenvalue weighted by atomic mass is 9.72. The van der Waals surface area contributed by atoms with E-state index in [4.69, 9.17) is 14.2 Å². The minimum absolute atomic E-state index is 0.0493. The highest BCUT2D eigenvalue weighted by molar-refractivity contribution is 5.96. The van der Waals surface area contributed by atoms with Gasteiger partial charge >= 0.3 is 0 Å². The first-order valence-corrected chi connectivity index (χ1v) is 10.2. The number of methoxy groups -OCH3 is 1. The number of benzene rings is 1. The molecule has 6 nitrogen and oxygen atoms in total. The molecule has 2 aliphatic heterocycles. The molecule has 2 aromatic rings. The molecule has 6 heteroatoms. The Morgan fingerprint density at radius 2 is 2.00 bits per heavy atom. The molecule has 0 radical (unpaired) electrons. The number of pyridine rings is 1. The summed E-state index contributed by atoms with van der Waals surface area (Å²) in [6.45, 7) is 5.45. The first kappa shape index (κ1) is 19.7. The van der Waals surface area contributed by atoms with Crippen molar-refractivity contribution >= 4 is 5.91 Å². The van der Waals surface area contributed by atoms with Gasteiger partial charge in [0.15, 0.2) is 0 Å². The van der Waals surface area contributed by atoms with Gasteiger partial charge in [-0.2, -0.15) is 0 Å². The van der Waals surface area contributed by atoms with Gasteiger partial charge in [0.05, 0.1) is 13.7 Å². The SMILES string of the molecule is COc1cccc(C(=O)N2CC(COc3ccncc3)C3(CCOCC3)C2)c1C. The number of hydrogen-bond acceptors (Lipinski definition) is 5. The summed E-state index contributed by atoms with van der Waals surface area (Å²) in [6, 6.07) is 9.39. The number of amides is 1. The molecule has 1 unspecified atom stereocenters. The molecule has 4 rings (SSSR count). The average Bonchev–Trinajstić information content (AvgIpc) is 3.10. The second-order valence-electron chi connectivity index (χ2n) is 7.98. The second kappa shape index (κ2) is 8.41. The van der Waals surface area contributed by atoms with E-state index in [0.29, 0.717) is 18.7 Å². The third-order valence-corrected chi connectivity index (χ3v) is 6.42. The van der Waals surface area contributed by atoms with Crippen molar-refractivity contribution in [3.8, 4) is 11.5 Å². The number of likely N-dealkylation sites (tertiary alicyclic amines) is 1. The number of carbonyl (C=O) groups is 1. The molecule has 1 atom stereocenters. The van der Waals surface area contributed by atoms with Crippen LogP contribution in [0.4, 0.5) is 0 Å². The first-order valence-electron chi connectivity index (χ1n) is 10.2. The van der Waals surface area contributed by atoms with Crippen molar-refractivity contribution in [2.75, 3.05) is 40.0 Å². The Labute approximate surface area is 171 Å². The quantitative estimate of drug-likeness (QED) is 0.776. The van der Waals surface area contributed by atoms with Crippen LogP contribution in [0.5, 0.6) is 11.5 Å². The van der Waals surface area contributed by atoms with Crippen molar-refractivity contribution in [2.24, 2.45) is 11.3 Å². The van der Waals surface area contributed by atoms with Gasteiger partial charge in [-0.25, -0.2) is 0 Å². The number of aromatic nitrogens is 1. The second-order valence-corrected chi connectivity index (χ2v) is 7.98. The van der Waals surface area contributed by atoms with E-state index in [1.165, 1.54) is 0 Å². The summed E-state index contributed by atoms with van der Waals surface area (Å²) in [7, 11) is 1.63. The number of nitrogens with zero attached hydrogens (tertiary/aromatic N) is 2. The summed E-state index contributed by atoms with van der Waals surface area (Å²) in [5.41, 5.74) is 1.65. The summed E-state index contributed by atoms with van der Waals surface area (Å²) in [5.74, 6) is 1.90. The Morgan fingerprint density at radius 3 is 2.72 bits per heavy atom. The van der Waals surface area contributed by atoms with Crippen molar-refractivity contribution in [3.05, 3.63) is 53.9 Å². The minimum atomic E-state index is 0.0493. The van der Waals surface area contributed by atoms with Gasteiger partial charge in [0.2, 0.25) is 0 Å². The van der Waals surface area contributed by atoms with Crippen LogP contribution in [0.25, 0.3) is 0 Å². The van der Waals surface area contributed by atoms with Crippen LogP contribution < -0.4 is 9.47 Å². The number of carbonyl (C=O) groups excluding carboxylic acids is 1. The third kappa shape index (κ3) is 3.94. The van der Waals surface area contributed by atoms with Crippen molar-refractivity contribution < 1.29 is 19.0 Å². The maximum Gasteiger partial charge on any atom is 0.254 e. The largest absolute Gasteiger partial charge is 0.496 e. The van der Waals surface area contributed by atoms with Crippen LogP contribution in [0.15, 0.2) is 42.7 Å². The highest BCUT2D eigenvalue weighted by Crippen LogP contribution is 2.45. The predicted molar refractivity (Wildman–Crippen MR) is 109 cm³/mol. The smallest absolute Gasteiger partial charge is 0.254 e. The Kier molecular flexibility index (Phi) is 5.72. The summed E-state index contributed by atoms with van der Waals surface area (Å²) in [6.07, 6.45) is 5.38. The summed E-state index contributed by atoms with van der Waals surface area (Å²) >= 11 is 0. The molecule has 0 N–H and O–H groups in total. The molecule has 2 fully saturated rings.